The van der Waals surface area contributed by atoms with Crippen molar-refractivity contribution in [2.45, 2.75) is 12.5 Å². The van der Waals surface area contributed by atoms with Crippen LogP contribution in [0.1, 0.15) is 12.5 Å². The van der Waals surface area contributed by atoms with Crippen molar-refractivity contribution in [3.8, 4) is 11.5 Å². The van der Waals surface area contributed by atoms with E-state index in [1.54, 1.807) is 18.2 Å². The van der Waals surface area contributed by atoms with Gasteiger partial charge in [0, 0.05) is 6.07 Å². The van der Waals surface area contributed by atoms with Crippen LogP contribution < -0.4 is 20.1 Å². The molecule has 9 nitrogen and oxygen atoms in total. The Morgan fingerprint density at radius 3 is 2.96 bits per heavy atom. The minimum atomic E-state index is -0.718. The van der Waals surface area contributed by atoms with E-state index < -0.39 is 6.04 Å². The predicted octanol–water partition coefficient (Wildman–Crippen LogP) is 0.817. The SMILES string of the molecule is COc1ccc(OC)c(NC(=O)CC2C(=O)Nc3ncnn32)c1. The molecule has 120 valence electrons. The summed E-state index contributed by atoms with van der Waals surface area (Å²) >= 11 is 0. The van der Waals surface area contributed by atoms with Gasteiger partial charge in [0.25, 0.3) is 5.91 Å². The smallest absolute Gasteiger partial charge is 0.252 e. The third-order valence-electron chi connectivity index (χ3n) is 3.47. The van der Waals surface area contributed by atoms with Crippen LogP contribution in [0, 0.1) is 0 Å². The van der Waals surface area contributed by atoms with Crippen molar-refractivity contribution in [3.05, 3.63) is 24.5 Å². The van der Waals surface area contributed by atoms with Crippen molar-refractivity contribution in [1.82, 2.24) is 14.8 Å². The molecule has 0 spiro atoms. The number of benzene rings is 1. The van der Waals surface area contributed by atoms with Gasteiger partial charge in [0.05, 0.1) is 26.3 Å². The molecule has 1 aliphatic heterocycles. The number of carbonyl (C=O) groups is 2. The maximum absolute atomic E-state index is 12.3. The minimum absolute atomic E-state index is 0.0669. The molecule has 0 aliphatic carbocycles. The number of fused-ring (bicyclic) bond motifs is 1. The van der Waals surface area contributed by atoms with Crippen LogP contribution in [0.4, 0.5) is 11.6 Å². The molecule has 23 heavy (non-hydrogen) atoms. The number of nitrogens with one attached hydrogen (secondary N) is 2. The molecule has 0 bridgehead atoms. The second kappa shape index (κ2) is 5.95. The van der Waals surface area contributed by atoms with Gasteiger partial charge in [0.2, 0.25) is 11.9 Å². The third kappa shape index (κ3) is 2.80. The second-order valence-electron chi connectivity index (χ2n) is 4.85. The molecule has 2 heterocycles. The fraction of sp³-hybridized carbons (Fsp3) is 0.286. The third-order valence-corrected chi connectivity index (χ3v) is 3.47. The number of amides is 2. The van der Waals surface area contributed by atoms with Crippen LogP contribution in [0.15, 0.2) is 24.5 Å². The van der Waals surface area contributed by atoms with Crippen molar-refractivity contribution in [2.75, 3.05) is 24.9 Å². The Morgan fingerprint density at radius 1 is 1.39 bits per heavy atom. The Labute approximate surface area is 131 Å². The van der Waals surface area contributed by atoms with Gasteiger partial charge in [0.15, 0.2) is 0 Å². The van der Waals surface area contributed by atoms with Crippen LogP contribution in [-0.4, -0.2) is 40.8 Å². The van der Waals surface area contributed by atoms with Gasteiger partial charge in [-0.2, -0.15) is 10.1 Å². The molecule has 1 aliphatic rings. The molecule has 2 aromatic rings. The van der Waals surface area contributed by atoms with Crippen molar-refractivity contribution >= 4 is 23.5 Å². The van der Waals surface area contributed by atoms with Gasteiger partial charge in [0.1, 0.15) is 23.9 Å². The van der Waals surface area contributed by atoms with Crippen molar-refractivity contribution < 1.29 is 19.1 Å². The van der Waals surface area contributed by atoms with E-state index in [-0.39, 0.29) is 18.2 Å². The van der Waals surface area contributed by atoms with Crippen LogP contribution in [0.5, 0.6) is 11.5 Å². The summed E-state index contributed by atoms with van der Waals surface area (Å²) in [4.78, 5) is 28.0. The van der Waals surface area contributed by atoms with E-state index in [1.165, 1.54) is 25.2 Å². The van der Waals surface area contributed by atoms with Gasteiger partial charge in [-0.15, -0.1) is 0 Å². The van der Waals surface area contributed by atoms with Gasteiger partial charge in [-0.3, -0.25) is 14.9 Å². The van der Waals surface area contributed by atoms with E-state index in [9.17, 15) is 9.59 Å². The summed E-state index contributed by atoms with van der Waals surface area (Å²) in [5.74, 6) is 0.759. The quantitative estimate of drug-likeness (QED) is 0.845. The lowest BCUT2D eigenvalue weighted by molar-refractivity contribution is -0.123. The number of aromatic nitrogens is 3. The molecule has 1 unspecified atom stereocenters. The van der Waals surface area contributed by atoms with Gasteiger partial charge in [-0.1, -0.05) is 0 Å². The van der Waals surface area contributed by atoms with Crippen molar-refractivity contribution in [2.24, 2.45) is 0 Å². The lowest BCUT2D eigenvalue weighted by Crippen LogP contribution is -2.23. The first-order chi connectivity index (χ1) is 11.1. The fourth-order valence-corrected chi connectivity index (χ4v) is 2.34. The first-order valence-electron chi connectivity index (χ1n) is 6.84. The minimum Gasteiger partial charge on any atom is -0.497 e. The maximum Gasteiger partial charge on any atom is 0.252 e. The van der Waals surface area contributed by atoms with Crippen LogP contribution in [0.25, 0.3) is 0 Å². The zero-order chi connectivity index (χ0) is 16.4. The summed E-state index contributed by atoms with van der Waals surface area (Å²) in [6.07, 6.45) is 1.26. The van der Waals surface area contributed by atoms with Crippen LogP contribution in [-0.2, 0) is 9.59 Å². The summed E-state index contributed by atoms with van der Waals surface area (Å²) in [5, 5.41) is 9.23. The van der Waals surface area contributed by atoms with Crippen molar-refractivity contribution in [1.29, 1.82) is 0 Å². The molecular weight excluding hydrogens is 302 g/mol. The first kappa shape index (κ1) is 14.8. The number of rotatable bonds is 5. The van der Waals surface area contributed by atoms with E-state index >= 15 is 0 Å². The average Bonchev–Trinajstić information content (AvgIpc) is 3.10. The van der Waals surface area contributed by atoms with Crippen LogP contribution in [0.3, 0.4) is 0 Å². The Hall–Kier alpha value is -3.10. The number of hydrogen-bond donors (Lipinski definition) is 2. The molecule has 2 N–H and O–H groups in total. The molecule has 0 radical (unpaired) electrons. The molecule has 1 atom stereocenters. The van der Waals surface area contributed by atoms with E-state index in [1.807, 2.05) is 0 Å². The molecule has 1 aromatic carbocycles. The van der Waals surface area contributed by atoms with E-state index in [0.717, 1.165) is 0 Å². The maximum atomic E-state index is 12.3. The van der Waals surface area contributed by atoms with E-state index in [4.69, 9.17) is 9.47 Å². The Kier molecular flexibility index (Phi) is 3.83. The monoisotopic (exact) mass is 317 g/mol. The van der Waals surface area contributed by atoms with Crippen LogP contribution in [0.2, 0.25) is 0 Å². The zero-order valence-corrected chi connectivity index (χ0v) is 12.6. The van der Waals surface area contributed by atoms with Gasteiger partial charge >= 0.3 is 0 Å². The average molecular weight is 317 g/mol. The van der Waals surface area contributed by atoms with Gasteiger partial charge in [-0.25, -0.2) is 4.68 Å². The molecule has 0 saturated heterocycles. The molecular formula is C14H15N5O4. The summed E-state index contributed by atoms with van der Waals surface area (Å²) in [6.45, 7) is 0. The highest BCUT2D eigenvalue weighted by Gasteiger charge is 2.33. The van der Waals surface area contributed by atoms with Crippen LogP contribution >= 0.6 is 0 Å². The number of hydrogen-bond acceptors (Lipinski definition) is 6. The largest absolute Gasteiger partial charge is 0.497 e. The molecule has 1 aromatic heterocycles. The standard InChI is InChI=1S/C14H15N5O4/c1-22-8-3-4-11(23-2)9(5-8)17-12(20)6-10-13(21)18-14-15-7-16-19(10)14/h3-5,7,10H,6H2,1-2H3,(H,17,20)(H,15,16,18,21). The molecule has 2 amide bonds. The molecule has 0 saturated carbocycles. The number of anilines is 2. The van der Waals surface area contributed by atoms with Gasteiger partial charge < -0.3 is 14.8 Å². The predicted molar refractivity (Wildman–Crippen MR) is 80.5 cm³/mol. The lowest BCUT2D eigenvalue weighted by atomic mass is 10.2. The molecule has 3 rings (SSSR count). The topological polar surface area (TPSA) is 107 Å². The highest BCUT2D eigenvalue weighted by atomic mass is 16.5. The highest BCUT2D eigenvalue weighted by molar-refractivity contribution is 6.01. The lowest BCUT2D eigenvalue weighted by Gasteiger charge is -2.13. The second-order valence-corrected chi connectivity index (χ2v) is 4.85. The Morgan fingerprint density at radius 2 is 2.22 bits per heavy atom. The Bertz CT molecular complexity index is 757. The summed E-state index contributed by atoms with van der Waals surface area (Å²) < 4.78 is 11.7. The summed E-state index contributed by atoms with van der Waals surface area (Å²) in [5.41, 5.74) is 0.467. The normalized spacial score (nSPS) is 15.7. The highest BCUT2D eigenvalue weighted by Crippen LogP contribution is 2.30. The zero-order valence-electron chi connectivity index (χ0n) is 12.6. The fourth-order valence-electron chi connectivity index (χ4n) is 2.34. The Balaban J connectivity index is 1.74. The molecule has 0 fully saturated rings. The number of nitrogens with zero attached hydrogens (tertiary/aromatic N) is 3. The summed E-state index contributed by atoms with van der Waals surface area (Å²) in [6, 6.07) is 4.34. The number of ether oxygens (including phenoxy) is 2. The molecule has 9 heteroatoms. The van der Waals surface area contributed by atoms with Crippen molar-refractivity contribution in [3.63, 3.8) is 0 Å². The number of carbonyl (C=O) groups excluding carboxylic acids is 2. The number of methoxy groups -OCH3 is 2. The summed E-state index contributed by atoms with van der Waals surface area (Å²) in [7, 11) is 3.03. The first-order valence-corrected chi connectivity index (χ1v) is 6.84. The van der Waals surface area contributed by atoms with E-state index in [2.05, 4.69) is 20.7 Å². The van der Waals surface area contributed by atoms with E-state index in [0.29, 0.717) is 23.1 Å². The van der Waals surface area contributed by atoms with Gasteiger partial charge in [-0.05, 0) is 12.1 Å².